The molecule has 368 valence electrons. The Balaban J connectivity index is 0.857. The van der Waals surface area contributed by atoms with Gasteiger partial charge in [-0.1, -0.05) is 45.0 Å². The minimum absolute atomic E-state index is 0.0402. The fourth-order valence-electron chi connectivity index (χ4n) is 8.04. The van der Waals surface area contributed by atoms with Gasteiger partial charge in [-0.25, -0.2) is 9.97 Å². The summed E-state index contributed by atoms with van der Waals surface area (Å²) in [6.07, 6.45) is -0.645. The van der Waals surface area contributed by atoms with E-state index in [0.717, 1.165) is 39.2 Å². The summed E-state index contributed by atoms with van der Waals surface area (Å²) in [5.41, 5.74) is 1.19. The second-order valence-corrected chi connectivity index (χ2v) is 19.5. The Morgan fingerprint density at radius 1 is 0.971 bits per heavy atom. The number of anilines is 2. The topological polar surface area (TPSA) is 179 Å². The smallest absolute Gasteiger partial charge is 0.419 e. The van der Waals surface area contributed by atoms with Gasteiger partial charge >= 0.3 is 6.18 Å². The number of carbonyl (C=O) groups excluding carboxylic acids is 4. The molecule has 2 fully saturated rings. The summed E-state index contributed by atoms with van der Waals surface area (Å²) in [7, 11) is 0. The van der Waals surface area contributed by atoms with Gasteiger partial charge in [0, 0.05) is 38.6 Å². The predicted octanol–water partition coefficient (Wildman–Crippen LogP) is 7.74. The molecule has 4 heterocycles. The summed E-state index contributed by atoms with van der Waals surface area (Å²) in [6, 6.07) is 15.4. The van der Waals surface area contributed by atoms with Crippen LogP contribution < -0.4 is 25.2 Å². The molecule has 2 aromatic heterocycles. The van der Waals surface area contributed by atoms with E-state index in [1.807, 2.05) is 57.5 Å². The van der Waals surface area contributed by atoms with Crippen LogP contribution in [0.5, 0.6) is 5.75 Å². The van der Waals surface area contributed by atoms with E-state index >= 15 is 0 Å². The molecule has 4 aromatic rings. The van der Waals surface area contributed by atoms with Crippen LogP contribution in [0.4, 0.5) is 24.5 Å². The van der Waals surface area contributed by atoms with Crippen LogP contribution in [0.1, 0.15) is 89.2 Å². The highest BCUT2D eigenvalue weighted by atomic mass is 32.1. The highest BCUT2D eigenvalue weighted by molar-refractivity contribution is 7.81. The van der Waals surface area contributed by atoms with E-state index in [4.69, 9.17) is 31.7 Å². The monoisotopic (exact) mass is 990 g/mol. The first-order valence-electron chi connectivity index (χ1n) is 22.6. The maximum Gasteiger partial charge on any atom is 0.419 e. The van der Waals surface area contributed by atoms with Gasteiger partial charge in [0.1, 0.15) is 36.0 Å². The van der Waals surface area contributed by atoms with Crippen LogP contribution in [0, 0.1) is 23.7 Å². The quantitative estimate of drug-likeness (QED) is 0.0651. The third-order valence-electron chi connectivity index (χ3n) is 11.8. The second-order valence-electron chi connectivity index (χ2n) is 18.3. The summed E-state index contributed by atoms with van der Waals surface area (Å²) in [5, 5.41) is 14.9. The summed E-state index contributed by atoms with van der Waals surface area (Å²) < 4.78 is 58.2. The Hall–Kier alpha value is -6.01. The largest absolute Gasteiger partial charge is 0.494 e. The van der Waals surface area contributed by atoms with Crippen LogP contribution in [0.2, 0.25) is 0 Å². The lowest BCUT2D eigenvalue weighted by Gasteiger charge is -2.35. The number of aromatic nitrogens is 2. The molecule has 6 rings (SSSR count). The van der Waals surface area contributed by atoms with Gasteiger partial charge < -0.3 is 34.6 Å². The number of nitrogens with one attached hydrogen (secondary N) is 2. The van der Waals surface area contributed by atoms with E-state index in [9.17, 15) is 32.3 Å². The van der Waals surface area contributed by atoms with Crippen molar-refractivity contribution in [3.05, 3.63) is 88.8 Å². The van der Waals surface area contributed by atoms with Crippen molar-refractivity contribution in [1.29, 1.82) is 5.26 Å². The Morgan fingerprint density at radius 3 is 2.30 bits per heavy atom. The molecule has 69 heavy (non-hydrogen) atoms. The standard InChI is InChI=1S/C49H57F3N8O7S2/c1-31-41(69-30-56-31)33-14-12-32(13-15-33)27-55-43(62)39-11-9-20-58(39)44(63)42(47(2,3)4)57-40(61)29-66-23-10-22-65-21-7-8-24-67-36-18-16-34(17-19-36)60-46(68)59(45(64)48(60,5)6)35-25-37(49(50,51)52)38(26-53)54-28-35/h12-19,25,28,30,39,42H,7-11,20-24,27,29H2,1-6H3,(H,55,62)(H,57,61)/t39-,42?/m0/s1. The molecule has 2 aliphatic heterocycles. The van der Waals surface area contributed by atoms with Crippen LogP contribution in [0.25, 0.3) is 10.4 Å². The number of thiazole rings is 1. The zero-order chi connectivity index (χ0) is 50.1. The zero-order valence-corrected chi connectivity index (χ0v) is 41.1. The molecule has 1 unspecified atom stereocenters. The number of nitrogens with zero attached hydrogens (tertiary/aromatic N) is 6. The number of hydrogen-bond acceptors (Lipinski definition) is 12. The van der Waals surface area contributed by atoms with Crippen LogP contribution >= 0.6 is 23.6 Å². The molecule has 0 bridgehead atoms. The fourth-order valence-corrected chi connectivity index (χ4v) is 9.37. The molecule has 2 atom stereocenters. The van der Waals surface area contributed by atoms with Crippen LogP contribution in [0.15, 0.2) is 66.3 Å². The number of likely N-dealkylation sites (tertiary alicyclic amines) is 1. The van der Waals surface area contributed by atoms with Gasteiger partial charge in [-0.3, -0.25) is 24.1 Å². The van der Waals surface area contributed by atoms with Crippen molar-refractivity contribution in [3.8, 4) is 22.3 Å². The molecule has 4 amide bonds. The fraction of sp³-hybridized carbons (Fsp3) is 0.469. The van der Waals surface area contributed by atoms with E-state index in [0.29, 0.717) is 76.1 Å². The Bertz CT molecular complexity index is 2520. The number of amides is 4. The number of pyridine rings is 1. The van der Waals surface area contributed by atoms with Gasteiger partial charge in [0.25, 0.3) is 5.91 Å². The van der Waals surface area contributed by atoms with Gasteiger partial charge in [0.05, 0.1) is 40.1 Å². The number of unbranched alkanes of at least 4 members (excludes halogenated alkanes) is 1. The molecule has 15 nitrogen and oxygen atoms in total. The summed E-state index contributed by atoms with van der Waals surface area (Å²) in [6.45, 7) is 12.9. The normalized spacial score (nSPS) is 16.4. The van der Waals surface area contributed by atoms with Gasteiger partial charge in [-0.2, -0.15) is 18.4 Å². The maximum atomic E-state index is 13.9. The van der Waals surface area contributed by atoms with Gasteiger partial charge in [0.15, 0.2) is 10.8 Å². The summed E-state index contributed by atoms with van der Waals surface area (Å²) >= 11 is 7.18. The van der Waals surface area contributed by atoms with Gasteiger partial charge in [-0.05, 0) is 112 Å². The van der Waals surface area contributed by atoms with Crippen molar-refractivity contribution in [1.82, 2.24) is 25.5 Å². The third-order valence-corrected chi connectivity index (χ3v) is 13.1. The van der Waals surface area contributed by atoms with Crippen molar-refractivity contribution in [2.45, 2.75) is 104 Å². The predicted molar refractivity (Wildman–Crippen MR) is 258 cm³/mol. The zero-order valence-electron chi connectivity index (χ0n) is 39.5. The van der Waals surface area contributed by atoms with E-state index in [1.165, 1.54) is 6.07 Å². The van der Waals surface area contributed by atoms with E-state index in [1.54, 1.807) is 59.2 Å². The molecule has 0 spiro atoms. The molecule has 2 aromatic carbocycles. The van der Waals surface area contributed by atoms with E-state index in [2.05, 4.69) is 20.6 Å². The lowest BCUT2D eigenvalue weighted by atomic mass is 9.85. The number of nitriles is 1. The van der Waals surface area contributed by atoms with Crippen molar-refractivity contribution < 1.29 is 46.6 Å². The van der Waals surface area contributed by atoms with Crippen molar-refractivity contribution in [2.75, 3.05) is 49.4 Å². The third kappa shape index (κ3) is 12.8. The summed E-state index contributed by atoms with van der Waals surface area (Å²) in [4.78, 5) is 67.0. The molecule has 2 aliphatic rings. The van der Waals surface area contributed by atoms with Crippen LogP contribution in [-0.4, -0.2) is 101 Å². The molecule has 20 heteroatoms. The average molecular weight is 991 g/mol. The first kappa shape index (κ1) is 52.4. The minimum atomic E-state index is -4.86. The maximum absolute atomic E-state index is 13.9. The highest BCUT2D eigenvalue weighted by Gasteiger charge is 2.51. The lowest BCUT2D eigenvalue weighted by molar-refractivity contribution is -0.144. The van der Waals surface area contributed by atoms with E-state index in [-0.39, 0.29) is 35.8 Å². The number of thiocarbonyl (C=S) groups is 1. The van der Waals surface area contributed by atoms with Crippen molar-refractivity contribution in [3.63, 3.8) is 0 Å². The molecule has 0 saturated carbocycles. The number of rotatable bonds is 20. The Morgan fingerprint density at radius 2 is 1.65 bits per heavy atom. The van der Waals surface area contributed by atoms with E-state index < -0.39 is 52.3 Å². The minimum Gasteiger partial charge on any atom is -0.494 e. The molecule has 2 saturated heterocycles. The SMILES string of the molecule is Cc1ncsc1-c1ccc(CNC(=O)[C@@H]2CCCN2C(=O)C(NC(=O)COCCCOCCCCOc2ccc(N3C(=S)N(c4cnc(C#N)c(C(F)(F)F)c4)C(=O)C3(C)C)cc2)C(C)(C)C)cc1. The molecular formula is C49H57F3N8O7S2. The number of hydrogen-bond donors (Lipinski definition) is 2. The first-order valence-corrected chi connectivity index (χ1v) is 23.9. The van der Waals surface area contributed by atoms with Gasteiger partial charge in [-0.15, -0.1) is 11.3 Å². The molecular weight excluding hydrogens is 934 g/mol. The number of benzene rings is 2. The molecule has 0 aliphatic carbocycles. The van der Waals surface area contributed by atoms with Crippen molar-refractivity contribution >= 4 is 63.7 Å². The lowest BCUT2D eigenvalue weighted by Crippen LogP contribution is -2.58. The van der Waals surface area contributed by atoms with Crippen LogP contribution in [-0.2, 0) is 41.4 Å². The first-order chi connectivity index (χ1) is 32.7. The number of carbonyl (C=O) groups is 4. The Labute approximate surface area is 409 Å². The number of alkyl halides is 3. The number of ether oxygens (including phenoxy) is 3. The summed E-state index contributed by atoms with van der Waals surface area (Å²) in [5.74, 6) is -0.945. The second kappa shape index (κ2) is 22.6. The van der Waals surface area contributed by atoms with Crippen LogP contribution in [0.3, 0.4) is 0 Å². The highest BCUT2D eigenvalue weighted by Crippen LogP contribution is 2.39. The average Bonchev–Trinajstić information content (AvgIpc) is 4.02. The van der Waals surface area contributed by atoms with Gasteiger partial charge in [0.2, 0.25) is 17.7 Å². The Kier molecular flexibility index (Phi) is 17.2. The number of halogens is 3. The number of aryl methyl sites for hydroxylation is 1. The molecule has 0 radical (unpaired) electrons. The molecule has 2 N–H and O–H groups in total. The van der Waals surface area contributed by atoms with Crippen molar-refractivity contribution in [2.24, 2.45) is 5.41 Å².